The van der Waals surface area contributed by atoms with Crippen molar-refractivity contribution >= 4 is 11.1 Å². The van der Waals surface area contributed by atoms with E-state index in [0.717, 1.165) is 24.8 Å². The largest absolute Gasteiger partial charge is 0.437 e. The van der Waals surface area contributed by atoms with Gasteiger partial charge in [0.2, 0.25) is 0 Å². The molecule has 1 heterocycles. The van der Waals surface area contributed by atoms with Gasteiger partial charge in [0.15, 0.2) is 17.3 Å². The van der Waals surface area contributed by atoms with Gasteiger partial charge < -0.3 is 9.52 Å². The van der Waals surface area contributed by atoms with Crippen LogP contribution in [0.5, 0.6) is 0 Å². The molecule has 1 N–H and O–H groups in total. The molecule has 1 fully saturated rings. The lowest BCUT2D eigenvalue weighted by Gasteiger charge is -2.26. The van der Waals surface area contributed by atoms with Gasteiger partial charge in [0.1, 0.15) is 5.52 Å². The summed E-state index contributed by atoms with van der Waals surface area (Å²) in [5, 5.41) is 9.99. The Hall–Kier alpha value is -1.46. The van der Waals surface area contributed by atoms with Crippen LogP contribution in [-0.2, 0) is 6.54 Å². The predicted molar refractivity (Wildman–Crippen MR) is 83.2 cm³/mol. The van der Waals surface area contributed by atoms with Crippen molar-refractivity contribution < 1.29 is 13.9 Å². The molecule has 1 aliphatic rings. The number of likely N-dealkylation sites (N-methyl/N-ethyl adjacent to an activating group) is 1. The van der Waals surface area contributed by atoms with Gasteiger partial charge in [-0.15, -0.1) is 0 Å². The van der Waals surface area contributed by atoms with Crippen molar-refractivity contribution in [2.75, 3.05) is 7.05 Å². The highest BCUT2D eigenvalue weighted by Crippen LogP contribution is 2.27. The Balaban J connectivity index is 1.84. The molecule has 1 aromatic heterocycles. The third kappa shape index (κ3) is 2.88. The Morgan fingerprint density at radius 1 is 1.41 bits per heavy atom. The molecule has 0 spiro atoms. The SMILES string of the molecule is CC(C)c1nc2cc(CN(C)[C@@H]3CCC[C@H]3O)cc(F)c2o1. The van der Waals surface area contributed by atoms with Crippen molar-refractivity contribution in [2.45, 2.75) is 57.7 Å². The normalized spacial score (nSPS) is 22.3. The van der Waals surface area contributed by atoms with Gasteiger partial charge in [0, 0.05) is 18.5 Å². The van der Waals surface area contributed by atoms with Crippen LogP contribution >= 0.6 is 0 Å². The fourth-order valence-electron chi connectivity index (χ4n) is 3.24. The van der Waals surface area contributed by atoms with E-state index >= 15 is 0 Å². The number of oxazole rings is 1. The first-order chi connectivity index (χ1) is 10.5. The molecule has 0 aliphatic heterocycles. The summed E-state index contributed by atoms with van der Waals surface area (Å²) in [6.45, 7) is 4.54. The zero-order valence-corrected chi connectivity index (χ0v) is 13.3. The highest BCUT2D eigenvalue weighted by atomic mass is 19.1. The van der Waals surface area contributed by atoms with Crippen LogP contribution in [0.1, 0.15) is 50.5 Å². The second kappa shape index (κ2) is 5.97. The van der Waals surface area contributed by atoms with Gasteiger partial charge >= 0.3 is 0 Å². The molecule has 1 aliphatic carbocycles. The third-order valence-electron chi connectivity index (χ3n) is 4.46. The average Bonchev–Trinajstić information content (AvgIpc) is 3.04. The highest BCUT2D eigenvalue weighted by molar-refractivity contribution is 5.74. The summed E-state index contributed by atoms with van der Waals surface area (Å²) >= 11 is 0. The maximum absolute atomic E-state index is 14.2. The summed E-state index contributed by atoms with van der Waals surface area (Å²) in [7, 11) is 1.98. The van der Waals surface area contributed by atoms with E-state index in [2.05, 4.69) is 9.88 Å². The maximum atomic E-state index is 14.2. The summed E-state index contributed by atoms with van der Waals surface area (Å²) in [5.74, 6) is 0.324. The summed E-state index contributed by atoms with van der Waals surface area (Å²) in [6.07, 6.45) is 2.61. The van der Waals surface area contributed by atoms with Gasteiger partial charge in [-0.25, -0.2) is 9.37 Å². The van der Waals surface area contributed by atoms with Crippen molar-refractivity contribution in [3.05, 3.63) is 29.4 Å². The first kappa shape index (κ1) is 15.4. The van der Waals surface area contributed by atoms with Crippen LogP contribution in [0.2, 0.25) is 0 Å². The molecular formula is C17H23FN2O2. The predicted octanol–water partition coefficient (Wildman–Crippen LogP) is 3.44. The zero-order chi connectivity index (χ0) is 15.9. The first-order valence-electron chi connectivity index (χ1n) is 7.93. The molecular weight excluding hydrogens is 283 g/mol. The van der Waals surface area contributed by atoms with Gasteiger partial charge in [-0.1, -0.05) is 13.8 Å². The van der Waals surface area contributed by atoms with E-state index < -0.39 is 0 Å². The van der Waals surface area contributed by atoms with E-state index in [1.165, 1.54) is 6.07 Å². The molecule has 2 aromatic rings. The van der Waals surface area contributed by atoms with Crippen LogP contribution in [0, 0.1) is 5.82 Å². The molecule has 0 amide bonds. The molecule has 2 atom stereocenters. The summed E-state index contributed by atoms with van der Waals surface area (Å²) in [6, 6.07) is 3.54. The van der Waals surface area contributed by atoms with E-state index in [0.29, 0.717) is 18.0 Å². The molecule has 1 aromatic carbocycles. The quantitative estimate of drug-likeness (QED) is 0.940. The third-order valence-corrected chi connectivity index (χ3v) is 4.46. The van der Waals surface area contributed by atoms with Crippen molar-refractivity contribution in [3.63, 3.8) is 0 Å². The molecule has 22 heavy (non-hydrogen) atoms. The minimum absolute atomic E-state index is 0.131. The van der Waals surface area contributed by atoms with Gasteiger partial charge in [-0.2, -0.15) is 0 Å². The van der Waals surface area contributed by atoms with Gasteiger partial charge in [-0.05, 0) is 44.0 Å². The lowest BCUT2D eigenvalue weighted by molar-refractivity contribution is 0.0825. The van der Waals surface area contributed by atoms with Gasteiger partial charge in [0.25, 0.3) is 0 Å². The maximum Gasteiger partial charge on any atom is 0.198 e. The van der Waals surface area contributed by atoms with Crippen LogP contribution in [0.15, 0.2) is 16.5 Å². The highest BCUT2D eigenvalue weighted by Gasteiger charge is 2.28. The minimum atomic E-state index is -0.368. The number of fused-ring (bicyclic) bond motifs is 1. The number of aromatic nitrogens is 1. The van der Waals surface area contributed by atoms with E-state index in [1.54, 1.807) is 0 Å². The standard InChI is InChI=1S/C17H23FN2O2/c1-10(2)17-19-13-8-11(7-12(18)16(13)22-17)9-20(3)14-5-4-6-15(14)21/h7-8,10,14-15,21H,4-6,9H2,1-3H3/t14-,15-/m1/s1. The number of rotatable bonds is 4. The van der Waals surface area contributed by atoms with Crippen LogP contribution in [0.4, 0.5) is 4.39 Å². The minimum Gasteiger partial charge on any atom is -0.437 e. The molecule has 4 nitrogen and oxygen atoms in total. The van der Waals surface area contributed by atoms with E-state index in [1.807, 2.05) is 27.0 Å². The Labute approximate surface area is 129 Å². The summed E-state index contributed by atoms with van der Waals surface area (Å²) < 4.78 is 19.7. The lowest BCUT2D eigenvalue weighted by atomic mass is 10.1. The number of aliphatic hydroxyl groups excluding tert-OH is 1. The molecule has 0 radical (unpaired) electrons. The Bertz CT molecular complexity index is 668. The Morgan fingerprint density at radius 3 is 2.82 bits per heavy atom. The number of benzene rings is 1. The van der Waals surface area contributed by atoms with E-state index in [-0.39, 0.29) is 29.5 Å². The van der Waals surface area contributed by atoms with E-state index in [9.17, 15) is 9.50 Å². The van der Waals surface area contributed by atoms with E-state index in [4.69, 9.17) is 4.42 Å². The number of hydrogen-bond donors (Lipinski definition) is 1. The zero-order valence-electron chi connectivity index (χ0n) is 13.3. The second-order valence-electron chi connectivity index (χ2n) is 6.61. The molecule has 0 bridgehead atoms. The molecule has 120 valence electrons. The number of halogens is 1. The molecule has 0 unspecified atom stereocenters. The monoisotopic (exact) mass is 306 g/mol. The number of hydrogen-bond acceptors (Lipinski definition) is 4. The number of nitrogens with zero attached hydrogens (tertiary/aromatic N) is 2. The molecule has 1 saturated carbocycles. The van der Waals surface area contributed by atoms with Crippen LogP contribution in [-0.4, -0.2) is 34.2 Å². The van der Waals surface area contributed by atoms with Gasteiger partial charge in [0.05, 0.1) is 6.10 Å². The van der Waals surface area contributed by atoms with Crippen molar-refractivity contribution in [2.24, 2.45) is 0 Å². The summed E-state index contributed by atoms with van der Waals surface area (Å²) in [4.78, 5) is 6.48. The van der Waals surface area contributed by atoms with Crippen LogP contribution < -0.4 is 0 Å². The van der Waals surface area contributed by atoms with Crippen molar-refractivity contribution in [1.29, 1.82) is 0 Å². The Morgan fingerprint density at radius 2 is 2.18 bits per heavy atom. The average molecular weight is 306 g/mol. The van der Waals surface area contributed by atoms with Crippen LogP contribution in [0.25, 0.3) is 11.1 Å². The number of aliphatic hydroxyl groups is 1. The lowest BCUT2D eigenvalue weighted by Crippen LogP contribution is -2.36. The Kier molecular flexibility index (Phi) is 4.19. The van der Waals surface area contributed by atoms with Crippen molar-refractivity contribution in [3.8, 4) is 0 Å². The smallest absolute Gasteiger partial charge is 0.198 e. The summed E-state index contributed by atoms with van der Waals surface area (Å²) in [5.41, 5.74) is 1.66. The topological polar surface area (TPSA) is 49.5 Å². The molecule has 0 saturated heterocycles. The fourth-order valence-corrected chi connectivity index (χ4v) is 3.24. The van der Waals surface area contributed by atoms with Crippen molar-refractivity contribution in [1.82, 2.24) is 9.88 Å². The van der Waals surface area contributed by atoms with Gasteiger partial charge in [-0.3, -0.25) is 4.90 Å². The first-order valence-corrected chi connectivity index (χ1v) is 7.93. The fraction of sp³-hybridized carbons (Fsp3) is 0.588. The molecule has 3 rings (SSSR count). The second-order valence-corrected chi connectivity index (χ2v) is 6.61. The van der Waals surface area contributed by atoms with Crippen LogP contribution in [0.3, 0.4) is 0 Å². The molecule has 5 heteroatoms.